The Morgan fingerprint density at radius 3 is 0.615 bits per heavy atom. The van der Waals surface area contributed by atoms with Crippen LogP contribution in [0.5, 0.6) is 0 Å². The summed E-state index contributed by atoms with van der Waals surface area (Å²) in [5.41, 5.74) is 16.4. The van der Waals surface area contributed by atoms with E-state index in [1.54, 1.807) is 0 Å². The van der Waals surface area contributed by atoms with E-state index in [0.29, 0.717) is 0 Å². The van der Waals surface area contributed by atoms with Crippen molar-refractivity contribution in [2.45, 2.75) is 83.1 Å². The van der Waals surface area contributed by atoms with Crippen LogP contribution in [0.1, 0.15) is 66.8 Å². The van der Waals surface area contributed by atoms with E-state index in [0.717, 1.165) is 0 Å². The van der Waals surface area contributed by atoms with Gasteiger partial charge in [-0.15, -0.1) is 0 Å². The topological polar surface area (TPSA) is 9.23 Å². The molecule has 0 saturated carbocycles. The standard InChI is InChI=1S/C36H44Ge2O/c1-21-13-25(5)33(26(6)14-21)37(34-27(7)15-22(2)16-28(34)8)39-38(35-29(9)17-23(3)18-30(35)10)36-31(11)19-24(4)20-32(36)12/h13-20H,1-12H3. The van der Waals surface area contributed by atoms with Gasteiger partial charge in [-0.05, 0) is 0 Å². The molecule has 0 spiro atoms. The molecule has 0 amide bonds. The first-order valence-electron chi connectivity index (χ1n) is 14.0. The van der Waals surface area contributed by atoms with Crippen LogP contribution >= 0.6 is 0 Å². The summed E-state index contributed by atoms with van der Waals surface area (Å²) in [6.07, 6.45) is 0. The van der Waals surface area contributed by atoms with Gasteiger partial charge in [0.2, 0.25) is 0 Å². The Hall–Kier alpha value is -2.07. The Morgan fingerprint density at radius 2 is 0.462 bits per heavy atom. The molecule has 39 heavy (non-hydrogen) atoms. The zero-order valence-corrected chi connectivity index (χ0v) is 30.2. The van der Waals surface area contributed by atoms with Gasteiger partial charge in [-0.2, -0.15) is 0 Å². The van der Waals surface area contributed by atoms with E-state index < -0.39 is 29.4 Å². The second-order valence-corrected chi connectivity index (χ2v) is 21.5. The molecule has 0 aliphatic carbocycles. The maximum atomic E-state index is 7.93. The van der Waals surface area contributed by atoms with Gasteiger partial charge in [-0.1, -0.05) is 0 Å². The van der Waals surface area contributed by atoms with Crippen LogP contribution in [0.3, 0.4) is 0 Å². The molecule has 0 N–H and O–H groups in total. The first-order valence-corrected chi connectivity index (χ1v) is 19.9. The van der Waals surface area contributed by atoms with Crippen LogP contribution in [0, 0.1) is 83.1 Å². The third kappa shape index (κ3) is 6.16. The summed E-state index contributed by atoms with van der Waals surface area (Å²) in [5, 5.41) is 0. The van der Waals surface area contributed by atoms with Crippen LogP contribution in [0.25, 0.3) is 0 Å². The molecule has 0 fully saturated rings. The van der Waals surface area contributed by atoms with Crippen molar-refractivity contribution < 1.29 is 2.79 Å². The Morgan fingerprint density at radius 1 is 0.308 bits per heavy atom. The molecular formula is C36H44Ge2O. The summed E-state index contributed by atoms with van der Waals surface area (Å²) in [5.74, 6) is 0. The molecule has 4 rings (SSSR count). The number of aryl methyl sites for hydroxylation is 12. The van der Waals surface area contributed by atoms with Crippen LogP contribution in [0.2, 0.25) is 0 Å². The van der Waals surface area contributed by atoms with Crippen molar-refractivity contribution in [3.8, 4) is 0 Å². The van der Waals surface area contributed by atoms with E-state index in [-0.39, 0.29) is 0 Å². The fourth-order valence-electron chi connectivity index (χ4n) is 6.71. The van der Waals surface area contributed by atoms with Crippen LogP contribution in [0.4, 0.5) is 0 Å². The predicted molar refractivity (Wildman–Crippen MR) is 174 cm³/mol. The first-order chi connectivity index (χ1) is 18.3. The SMILES string of the molecule is Cc1cc(C)[c]([Ge]([O][Ge]([c]2c(C)cc(C)cc2C)[c]2c(C)cc(C)cc2C)[c]2c(C)cc(C)cc2C)c(C)c1. The molecule has 3 heteroatoms. The summed E-state index contributed by atoms with van der Waals surface area (Å²) in [7, 11) is 0. The van der Waals surface area contributed by atoms with Crippen LogP contribution in [-0.4, -0.2) is 29.4 Å². The minimum absolute atomic E-state index is 1.33. The summed E-state index contributed by atoms with van der Waals surface area (Å²) >= 11 is -4.94. The van der Waals surface area contributed by atoms with Crippen molar-refractivity contribution in [2.75, 3.05) is 0 Å². The molecule has 202 valence electrons. The second kappa shape index (κ2) is 11.8. The van der Waals surface area contributed by atoms with Gasteiger partial charge >= 0.3 is 248 Å². The normalized spacial score (nSPS) is 11.6. The van der Waals surface area contributed by atoms with E-state index in [4.69, 9.17) is 2.79 Å². The first kappa shape index (κ1) is 29.9. The molecule has 0 bridgehead atoms. The summed E-state index contributed by atoms with van der Waals surface area (Å²) in [4.78, 5) is 0. The van der Waals surface area contributed by atoms with Crippen molar-refractivity contribution in [3.63, 3.8) is 0 Å². The molecular weight excluding hydrogens is 594 g/mol. The zero-order valence-electron chi connectivity index (χ0n) is 26.0. The second-order valence-electron chi connectivity index (χ2n) is 11.9. The number of hydrogen-bond acceptors (Lipinski definition) is 1. The van der Waals surface area contributed by atoms with Crippen molar-refractivity contribution in [1.29, 1.82) is 0 Å². The summed E-state index contributed by atoms with van der Waals surface area (Å²) < 4.78 is 13.9. The Labute approximate surface area is 246 Å². The van der Waals surface area contributed by atoms with E-state index in [1.165, 1.54) is 84.3 Å². The summed E-state index contributed by atoms with van der Waals surface area (Å²) in [6.45, 7) is 27.3. The third-order valence-electron chi connectivity index (χ3n) is 7.82. The molecule has 0 aliphatic rings. The van der Waals surface area contributed by atoms with Gasteiger partial charge in [-0.25, -0.2) is 0 Å². The maximum absolute atomic E-state index is 7.93. The summed E-state index contributed by atoms with van der Waals surface area (Å²) in [6, 6.07) is 18.9. The van der Waals surface area contributed by atoms with Gasteiger partial charge in [0.1, 0.15) is 0 Å². The Balaban J connectivity index is 2.07. The molecule has 0 aliphatic heterocycles. The van der Waals surface area contributed by atoms with Gasteiger partial charge in [0.15, 0.2) is 0 Å². The minimum atomic E-state index is -2.47. The molecule has 0 aromatic heterocycles. The Kier molecular flexibility index (Phi) is 9.05. The average molecular weight is 638 g/mol. The van der Waals surface area contributed by atoms with Crippen LogP contribution < -0.4 is 17.6 Å². The predicted octanol–water partition coefficient (Wildman–Crippen LogP) is 6.32. The van der Waals surface area contributed by atoms with Gasteiger partial charge in [0, 0.05) is 0 Å². The van der Waals surface area contributed by atoms with Crippen molar-refractivity contribution in [2.24, 2.45) is 0 Å². The number of benzene rings is 4. The van der Waals surface area contributed by atoms with Crippen molar-refractivity contribution in [1.82, 2.24) is 0 Å². The van der Waals surface area contributed by atoms with Crippen molar-refractivity contribution in [3.05, 3.63) is 115 Å². The number of rotatable bonds is 6. The van der Waals surface area contributed by atoms with Gasteiger partial charge in [-0.3, -0.25) is 0 Å². The van der Waals surface area contributed by atoms with Gasteiger partial charge in [0.05, 0.1) is 0 Å². The molecule has 0 atom stereocenters. The average Bonchev–Trinajstić information content (AvgIpc) is 2.76. The molecule has 0 saturated heterocycles. The molecule has 0 unspecified atom stereocenters. The van der Waals surface area contributed by atoms with Gasteiger partial charge < -0.3 is 0 Å². The van der Waals surface area contributed by atoms with Gasteiger partial charge in [0.25, 0.3) is 0 Å². The van der Waals surface area contributed by atoms with Crippen LogP contribution in [0.15, 0.2) is 48.5 Å². The fraction of sp³-hybridized carbons (Fsp3) is 0.333. The third-order valence-corrected chi connectivity index (χ3v) is 23.6. The molecule has 4 aromatic carbocycles. The molecule has 1 nitrogen and oxygen atoms in total. The van der Waals surface area contributed by atoms with E-state index in [2.05, 4.69) is 132 Å². The Bertz CT molecular complexity index is 1240. The monoisotopic (exact) mass is 640 g/mol. The quantitative estimate of drug-likeness (QED) is 0.225. The molecule has 2 radical (unpaired) electrons. The van der Waals surface area contributed by atoms with E-state index in [9.17, 15) is 0 Å². The zero-order chi connectivity index (χ0) is 28.8. The van der Waals surface area contributed by atoms with Crippen LogP contribution in [-0.2, 0) is 2.79 Å². The molecule has 0 heterocycles. The van der Waals surface area contributed by atoms with E-state index >= 15 is 0 Å². The number of hydrogen-bond donors (Lipinski definition) is 0. The van der Waals surface area contributed by atoms with E-state index in [1.807, 2.05) is 0 Å². The molecule has 4 aromatic rings. The van der Waals surface area contributed by atoms with Crippen molar-refractivity contribution >= 4 is 47.0 Å². The fourth-order valence-corrected chi connectivity index (χ4v) is 22.9.